The second-order valence-corrected chi connectivity index (χ2v) is 5.52. The summed E-state index contributed by atoms with van der Waals surface area (Å²) in [5.74, 6) is -2.58. The van der Waals surface area contributed by atoms with Crippen LogP contribution in [0, 0.1) is 11.6 Å². The molecule has 132 valence electrons. The fraction of sp³-hybridized carbons (Fsp3) is 0.312. The van der Waals surface area contributed by atoms with Crippen LogP contribution in [0.4, 0.5) is 14.5 Å². The van der Waals surface area contributed by atoms with Crippen molar-refractivity contribution < 1.29 is 23.1 Å². The third-order valence-corrected chi connectivity index (χ3v) is 3.81. The van der Waals surface area contributed by atoms with Gasteiger partial charge in [0.05, 0.1) is 18.9 Å². The van der Waals surface area contributed by atoms with Crippen LogP contribution in [0.15, 0.2) is 24.3 Å². The summed E-state index contributed by atoms with van der Waals surface area (Å²) in [6.45, 7) is 1.82. The minimum Gasteiger partial charge on any atom is -0.378 e. The Morgan fingerprint density at radius 1 is 1.20 bits per heavy atom. The van der Waals surface area contributed by atoms with Gasteiger partial charge in [0.1, 0.15) is 17.3 Å². The summed E-state index contributed by atoms with van der Waals surface area (Å²) in [6, 6.07) is 4.18. The Kier molecular flexibility index (Phi) is 4.75. The van der Waals surface area contributed by atoms with E-state index in [0.717, 1.165) is 12.1 Å². The van der Waals surface area contributed by atoms with Gasteiger partial charge < -0.3 is 15.0 Å². The predicted molar refractivity (Wildman–Crippen MR) is 84.2 cm³/mol. The summed E-state index contributed by atoms with van der Waals surface area (Å²) in [4.78, 5) is 26.3. The molecule has 7 nitrogen and oxygen atoms in total. The maximum absolute atomic E-state index is 13.7. The normalized spacial score (nSPS) is 14.4. The first kappa shape index (κ1) is 17.0. The maximum atomic E-state index is 13.7. The van der Waals surface area contributed by atoms with Gasteiger partial charge in [-0.2, -0.15) is 5.10 Å². The number of ether oxygens (including phenoxy) is 1. The van der Waals surface area contributed by atoms with E-state index in [1.54, 1.807) is 4.90 Å². The Hall–Kier alpha value is -2.81. The molecule has 3 rings (SSSR count). The summed E-state index contributed by atoms with van der Waals surface area (Å²) in [7, 11) is 1.51. The number of carbonyl (C=O) groups is 2. The van der Waals surface area contributed by atoms with Crippen LogP contribution in [-0.2, 0) is 11.8 Å². The van der Waals surface area contributed by atoms with Gasteiger partial charge in [-0.1, -0.05) is 0 Å². The fourth-order valence-corrected chi connectivity index (χ4v) is 2.49. The number of aryl methyl sites for hydroxylation is 1. The Balaban J connectivity index is 1.77. The van der Waals surface area contributed by atoms with E-state index in [9.17, 15) is 18.4 Å². The first-order valence-corrected chi connectivity index (χ1v) is 7.63. The highest BCUT2D eigenvalue weighted by molar-refractivity contribution is 6.04. The quantitative estimate of drug-likeness (QED) is 0.908. The van der Waals surface area contributed by atoms with E-state index in [0.29, 0.717) is 32.4 Å². The van der Waals surface area contributed by atoms with E-state index >= 15 is 0 Å². The standard InChI is InChI=1S/C16H16F2N4O3/c1-21-14(15(23)19-12-3-2-10(17)8-11(12)18)9-13(20-21)16(24)22-4-6-25-7-5-22/h2-3,8-9H,4-7H2,1H3,(H,19,23). The van der Waals surface area contributed by atoms with Gasteiger partial charge in [0.25, 0.3) is 11.8 Å². The highest BCUT2D eigenvalue weighted by atomic mass is 19.1. The topological polar surface area (TPSA) is 76.5 Å². The second kappa shape index (κ2) is 6.98. The van der Waals surface area contributed by atoms with Gasteiger partial charge in [-0.15, -0.1) is 0 Å². The molecule has 0 saturated carbocycles. The molecular weight excluding hydrogens is 334 g/mol. The molecule has 9 heteroatoms. The molecule has 1 saturated heterocycles. The molecule has 0 bridgehead atoms. The van der Waals surface area contributed by atoms with E-state index in [1.807, 2.05) is 0 Å². The molecule has 0 unspecified atom stereocenters. The molecule has 0 atom stereocenters. The average Bonchev–Trinajstić information content (AvgIpc) is 2.99. The Morgan fingerprint density at radius 3 is 2.60 bits per heavy atom. The number of hydrogen-bond acceptors (Lipinski definition) is 4. The molecule has 0 spiro atoms. The van der Waals surface area contributed by atoms with Gasteiger partial charge in [-0.3, -0.25) is 14.3 Å². The van der Waals surface area contributed by atoms with Crippen LogP contribution < -0.4 is 5.32 Å². The van der Waals surface area contributed by atoms with Crippen LogP contribution in [-0.4, -0.2) is 52.8 Å². The molecule has 1 aromatic carbocycles. The number of halogens is 2. The lowest BCUT2D eigenvalue weighted by molar-refractivity contribution is 0.0298. The van der Waals surface area contributed by atoms with Gasteiger partial charge in [0.2, 0.25) is 0 Å². The van der Waals surface area contributed by atoms with E-state index < -0.39 is 17.5 Å². The third-order valence-electron chi connectivity index (χ3n) is 3.81. The van der Waals surface area contributed by atoms with Crippen LogP contribution >= 0.6 is 0 Å². The first-order valence-electron chi connectivity index (χ1n) is 7.63. The minimum absolute atomic E-state index is 0.0836. The van der Waals surface area contributed by atoms with Crippen molar-refractivity contribution >= 4 is 17.5 Å². The number of nitrogens with one attached hydrogen (secondary N) is 1. The summed E-state index contributed by atoms with van der Waals surface area (Å²) < 4.78 is 33.0. The van der Waals surface area contributed by atoms with Crippen LogP contribution in [0.2, 0.25) is 0 Å². The molecule has 0 aliphatic carbocycles. The summed E-state index contributed by atoms with van der Waals surface area (Å²) in [5.41, 5.74) is 0.0446. The van der Waals surface area contributed by atoms with Crippen molar-refractivity contribution in [3.63, 3.8) is 0 Å². The zero-order valence-corrected chi connectivity index (χ0v) is 13.5. The Bertz CT molecular complexity index is 816. The van der Waals surface area contributed by atoms with E-state index in [2.05, 4.69) is 10.4 Å². The first-order chi connectivity index (χ1) is 12.0. The predicted octanol–water partition coefficient (Wildman–Crippen LogP) is 1.42. The number of anilines is 1. The molecule has 1 aromatic heterocycles. The molecular formula is C16H16F2N4O3. The fourth-order valence-electron chi connectivity index (χ4n) is 2.49. The molecule has 25 heavy (non-hydrogen) atoms. The van der Waals surface area contributed by atoms with Gasteiger partial charge >= 0.3 is 0 Å². The van der Waals surface area contributed by atoms with Crippen molar-refractivity contribution in [2.75, 3.05) is 31.6 Å². The molecule has 2 aromatic rings. The second-order valence-electron chi connectivity index (χ2n) is 5.52. The highest BCUT2D eigenvalue weighted by Gasteiger charge is 2.24. The lowest BCUT2D eigenvalue weighted by Crippen LogP contribution is -2.40. The van der Waals surface area contributed by atoms with Crippen LogP contribution in [0.3, 0.4) is 0 Å². The lowest BCUT2D eigenvalue weighted by Gasteiger charge is -2.25. The van der Waals surface area contributed by atoms with E-state index in [-0.39, 0.29) is 23.0 Å². The van der Waals surface area contributed by atoms with Crippen LogP contribution in [0.1, 0.15) is 21.0 Å². The maximum Gasteiger partial charge on any atom is 0.274 e. The van der Waals surface area contributed by atoms with Crippen molar-refractivity contribution in [1.82, 2.24) is 14.7 Å². The van der Waals surface area contributed by atoms with Crippen molar-refractivity contribution in [2.24, 2.45) is 7.05 Å². The SMILES string of the molecule is Cn1nc(C(=O)N2CCOCC2)cc1C(=O)Nc1ccc(F)cc1F. The number of hydrogen-bond donors (Lipinski definition) is 1. The minimum atomic E-state index is -0.889. The number of morpholine rings is 1. The summed E-state index contributed by atoms with van der Waals surface area (Å²) in [6.07, 6.45) is 0. The molecule has 1 aliphatic heterocycles. The van der Waals surface area contributed by atoms with E-state index in [4.69, 9.17) is 4.74 Å². The largest absolute Gasteiger partial charge is 0.378 e. The molecule has 2 amide bonds. The summed E-state index contributed by atoms with van der Waals surface area (Å²) in [5, 5.41) is 6.40. The Morgan fingerprint density at radius 2 is 1.92 bits per heavy atom. The van der Waals surface area contributed by atoms with Crippen molar-refractivity contribution in [3.05, 3.63) is 47.3 Å². The average molecular weight is 350 g/mol. The smallest absolute Gasteiger partial charge is 0.274 e. The zero-order chi connectivity index (χ0) is 18.0. The van der Waals surface area contributed by atoms with Crippen LogP contribution in [0.25, 0.3) is 0 Å². The van der Waals surface area contributed by atoms with Gasteiger partial charge in [0, 0.05) is 32.3 Å². The summed E-state index contributed by atoms with van der Waals surface area (Å²) >= 11 is 0. The van der Waals surface area contributed by atoms with Crippen molar-refractivity contribution in [2.45, 2.75) is 0 Å². The van der Waals surface area contributed by atoms with Crippen molar-refractivity contribution in [3.8, 4) is 0 Å². The number of rotatable bonds is 3. The molecule has 1 fully saturated rings. The van der Waals surface area contributed by atoms with Gasteiger partial charge in [-0.05, 0) is 12.1 Å². The number of aromatic nitrogens is 2. The van der Waals surface area contributed by atoms with E-state index in [1.165, 1.54) is 17.8 Å². The lowest BCUT2D eigenvalue weighted by atomic mass is 10.2. The van der Waals surface area contributed by atoms with Crippen molar-refractivity contribution in [1.29, 1.82) is 0 Å². The number of carbonyl (C=O) groups excluding carboxylic acids is 2. The van der Waals surface area contributed by atoms with Gasteiger partial charge in [0.15, 0.2) is 5.69 Å². The third kappa shape index (κ3) is 3.66. The number of benzene rings is 1. The monoisotopic (exact) mass is 350 g/mol. The number of amides is 2. The molecule has 1 N–H and O–H groups in total. The zero-order valence-electron chi connectivity index (χ0n) is 13.5. The highest BCUT2D eigenvalue weighted by Crippen LogP contribution is 2.17. The van der Waals surface area contributed by atoms with Gasteiger partial charge in [-0.25, -0.2) is 8.78 Å². The molecule has 1 aliphatic rings. The molecule has 0 radical (unpaired) electrons. The molecule has 2 heterocycles. The number of nitrogens with zero attached hydrogens (tertiary/aromatic N) is 3. The van der Waals surface area contributed by atoms with Crippen LogP contribution in [0.5, 0.6) is 0 Å². The Labute approximate surface area is 142 Å².